The van der Waals surface area contributed by atoms with Crippen LogP contribution in [0.4, 0.5) is 5.69 Å². The fourth-order valence-electron chi connectivity index (χ4n) is 2.79. The van der Waals surface area contributed by atoms with Gasteiger partial charge in [-0.1, -0.05) is 31.5 Å². The van der Waals surface area contributed by atoms with Crippen molar-refractivity contribution in [3.05, 3.63) is 75.7 Å². The van der Waals surface area contributed by atoms with E-state index in [9.17, 15) is 9.59 Å². The fraction of sp³-hybridized carbons (Fsp3) is 0.292. The second kappa shape index (κ2) is 11.3. The van der Waals surface area contributed by atoms with Crippen LogP contribution in [-0.2, 0) is 22.6 Å². The van der Waals surface area contributed by atoms with Gasteiger partial charge in [0.05, 0.1) is 24.3 Å². The van der Waals surface area contributed by atoms with Gasteiger partial charge < -0.3 is 14.8 Å². The van der Waals surface area contributed by atoms with Crippen LogP contribution < -0.4 is 10.1 Å². The lowest BCUT2D eigenvalue weighted by Crippen LogP contribution is -2.15. The lowest BCUT2D eigenvalue weighted by atomic mass is 10.2. The smallest absolute Gasteiger partial charge is 0.338 e. The molecule has 7 heteroatoms. The maximum absolute atomic E-state index is 12.3. The number of rotatable bonds is 10. The molecule has 1 amide bonds. The van der Waals surface area contributed by atoms with E-state index in [2.05, 4.69) is 17.2 Å². The van der Waals surface area contributed by atoms with E-state index in [1.807, 2.05) is 31.2 Å². The van der Waals surface area contributed by atoms with Crippen molar-refractivity contribution < 1.29 is 19.1 Å². The van der Waals surface area contributed by atoms with Crippen molar-refractivity contribution in [3.8, 4) is 5.75 Å². The largest absolute Gasteiger partial charge is 0.494 e. The van der Waals surface area contributed by atoms with Gasteiger partial charge in [0.2, 0.25) is 5.91 Å². The summed E-state index contributed by atoms with van der Waals surface area (Å²) in [4.78, 5) is 28.9. The molecule has 2 aromatic carbocycles. The highest BCUT2D eigenvalue weighted by Crippen LogP contribution is 2.17. The van der Waals surface area contributed by atoms with Gasteiger partial charge in [0, 0.05) is 11.1 Å². The second-order valence-corrected chi connectivity index (χ2v) is 8.02. The summed E-state index contributed by atoms with van der Waals surface area (Å²) in [5.74, 6) is 0.179. The van der Waals surface area contributed by atoms with E-state index in [0.717, 1.165) is 29.8 Å². The number of nitrogens with one attached hydrogen (secondary N) is 1. The monoisotopic (exact) mass is 438 g/mol. The molecule has 1 heterocycles. The predicted octanol–water partition coefficient (Wildman–Crippen LogP) is 5.17. The van der Waals surface area contributed by atoms with Crippen LogP contribution >= 0.6 is 11.3 Å². The van der Waals surface area contributed by atoms with Gasteiger partial charge in [0.15, 0.2) is 0 Å². The quantitative estimate of drug-likeness (QED) is 0.349. The van der Waals surface area contributed by atoms with Gasteiger partial charge >= 0.3 is 5.97 Å². The summed E-state index contributed by atoms with van der Waals surface area (Å²) in [6.45, 7) is 4.77. The molecule has 0 aliphatic heterocycles. The number of nitrogens with zero attached hydrogens (tertiary/aromatic N) is 1. The lowest BCUT2D eigenvalue weighted by molar-refractivity contribution is -0.115. The van der Waals surface area contributed by atoms with Gasteiger partial charge in [-0.25, -0.2) is 9.78 Å². The Balaban J connectivity index is 1.46. The molecule has 0 unspecified atom stereocenters. The van der Waals surface area contributed by atoms with E-state index in [4.69, 9.17) is 9.47 Å². The third-order valence-corrected chi connectivity index (χ3v) is 5.44. The number of aryl methyl sites for hydroxylation is 1. The highest BCUT2D eigenvalue weighted by molar-refractivity contribution is 7.09. The molecule has 0 radical (unpaired) electrons. The summed E-state index contributed by atoms with van der Waals surface area (Å²) in [5.41, 5.74) is 2.87. The van der Waals surface area contributed by atoms with Crippen molar-refractivity contribution >= 4 is 28.9 Å². The number of ether oxygens (including phenoxy) is 2. The standard InChI is InChI=1S/C24H26N2O4S/c1-3-4-13-29-20-11-9-18(10-12-20)24(28)30-15-19-16-31-23(25-19)14-22(27)26-21-8-6-5-7-17(21)2/h5-12,16H,3-4,13-15H2,1-2H3,(H,26,27). The van der Waals surface area contributed by atoms with Crippen molar-refractivity contribution in [2.75, 3.05) is 11.9 Å². The van der Waals surface area contributed by atoms with Crippen LogP contribution in [0, 0.1) is 6.92 Å². The summed E-state index contributed by atoms with van der Waals surface area (Å²) in [7, 11) is 0. The van der Waals surface area contributed by atoms with Crippen LogP contribution in [0.2, 0.25) is 0 Å². The number of thiazole rings is 1. The molecule has 3 aromatic rings. The number of benzene rings is 2. The molecule has 0 spiro atoms. The summed E-state index contributed by atoms with van der Waals surface area (Å²) in [6, 6.07) is 14.5. The van der Waals surface area contributed by atoms with Crippen LogP contribution in [0.15, 0.2) is 53.9 Å². The number of amides is 1. The van der Waals surface area contributed by atoms with E-state index in [1.54, 1.807) is 29.6 Å². The number of aromatic nitrogens is 1. The molecule has 162 valence electrons. The van der Waals surface area contributed by atoms with Crippen molar-refractivity contribution in [1.29, 1.82) is 0 Å². The number of esters is 1. The Bertz CT molecular complexity index is 1010. The number of carbonyl (C=O) groups excluding carboxylic acids is 2. The summed E-state index contributed by atoms with van der Waals surface area (Å²) >= 11 is 1.37. The van der Waals surface area contributed by atoms with Crippen LogP contribution in [0.5, 0.6) is 5.75 Å². The van der Waals surface area contributed by atoms with Crippen molar-refractivity contribution in [2.45, 2.75) is 39.7 Å². The normalized spacial score (nSPS) is 10.5. The zero-order chi connectivity index (χ0) is 22.1. The molecule has 1 N–H and O–H groups in total. The van der Waals surface area contributed by atoms with Gasteiger partial charge in [0.25, 0.3) is 0 Å². The van der Waals surface area contributed by atoms with Gasteiger partial charge in [-0.15, -0.1) is 11.3 Å². The molecule has 6 nitrogen and oxygen atoms in total. The Morgan fingerprint density at radius 1 is 1.10 bits per heavy atom. The SMILES string of the molecule is CCCCOc1ccc(C(=O)OCc2csc(CC(=O)Nc3ccccc3C)n2)cc1. The first-order valence-corrected chi connectivity index (χ1v) is 11.1. The third kappa shape index (κ3) is 6.93. The highest BCUT2D eigenvalue weighted by atomic mass is 32.1. The Labute approximate surface area is 186 Å². The topological polar surface area (TPSA) is 77.5 Å². The van der Waals surface area contributed by atoms with E-state index < -0.39 is 5.97 Å². The Hall–Kier alpha value is -3.19. The third-order valence-electron chi connectivity index (χ3n) is 4.54. The van der Waals surface area contributed by atoms with Crippen LogP contribution in [-0.4, -0.2) is 23.5 Å². The van der Waals surface area contributed by atoms with Crippen LogP contribution in [0.25, 0.3) is 0 Å². The number of hydrogen-bond acceptors (Lipinski definition) is 6. The number of hydrogen-bond donors (Lipinski definition) is 1. The van der Waals surface area contributed by atoms with E-state index in [1.165, 1.54) is 11.3 Å². The first-order chi connectivity index (χ1) is 15.0. The molecule has 0 aliphatic rings. The fourth-order valence-corrected chi connectivity index (χ4v) is 3.56. The average molecular weight is 439 g/mol. The van der Waals surface area contributed by atoms with E-state index in [0.29, 0.717) is 22.9 Å². The molecular weight excluding hydrogens is 412 g/mol. The first-order valence-electron chi connectivity index (χ1n) is 10.2. The Morgan fingerprint density at radius 2 is 1.87 bits per heavy atom. The van der Waals surface area contributed by atoms with Crippen LogP contribution in [0.3, 0.4) is 0 Å². The minimum Gasteiger partial charge on any atom is -0.494 e. The zero-order valence-corrected chi connectivity index (χ0v) is 18.5. The minimum atomic E-state index is -0.424. The van der Waals surface area contributed by atoms with Crippen molar-refractivity contribution in [2.24, 2.45) is 0 Å². The van der Waals surface area contributed by atoms with Gasteiger partial charge in [0.1, 0.15) is 17.4 Å². The maximum Gasteiger partial charge on any atom is 0.338 e. The number of carbonyl (C=O) groups is 2. The summed E-state index contributed by atoms with van der Waals surface area (Å²) in [5, 5.41) is 5.36. The zero-order valence-electron chi connectivity index (χ0n) is 17.7. The lowest BCUT2D eigenvalue weighted by Gasteiger charge is -2.07. The van der Waals surface area contributed by atoms with E-state index in [-0.39, 0.29) is 18.9 Å². The van der Waals surface area contributed by atoms with Crippen molar-refractivity contribution in [3.63, 3.8) is 0 Å². The molecule has 0 bridgehead atoms. The molecule has 31 heavy (non-hydrogen) atoms. The van der Waals surface area contributed by atoms with Gasteiger partial charge in [-0.2, -0.15) is 0 Å². The predicted molar refractivity (Wildman–Crippen MR) is 122 cm³/mol. The number of unbranched alkanes of at least 4 members (excludes halogenated alkanes) is 1. The molecule has 0 atom stereocenters. The Kier molecular flexibility index (Phi) is 8.18. The average Bonchev–Trinajstić information content (AvgIpc) is 3.21. The molecular formula is C24H26N2O4S. The maximum atomic E-state index is 12.3. The number of anilines is 1. The molecule has 0 fully saturated rings. The summed E-state index contributed by atoms with van der Waals surface area (Å²) in [6.07, 6.45) is 2.24. The van der Waals surface area contributed by atoms with Gasteiger partial charge in [-0.05, 0) is 49.2 Å². The highest BCUT2D eigenvalue weighted by Gasteiger charge is 2.12. The minimum absolute atomic E-state index is 0.0590. The first kappa shape index (κ1) is 22.5. The molecule has 1 aromatic heterocycles. The van der Waals surface area contributed by atoms with E-state index >= 15 is 0 Å². The number of para-hydroxylation sites is 1. The summed E-state index contributed by atoms with van der Waals surface area (Å²) < 4.78 is 10.9. The molecule has 3 rings (SSSR count). The molecule has 0 saturated carbocycles. The second-order valence-electron chi connectivity index (χ2n) is 7.07. The van der Waals surface area contributed by atoms with Gasteiger partial charge in [-0.3, -0.25) is 4.79 Å². The Morgan fingerprint density at radius 3 is 2.61 bits per heavy atom. The molecule has 0 saturated heterocycles. The van der Waals surface area contributed by atoms with Crippen LogP contribution in [0.1, 0.15) is 46.4 Å². The molecule has 0 aliphatic carbocycles. The van der Waals surface area contributed by atoms with Crippen molar-refractivity contribution in [1.82, 2.24) is 4.98 Å².